The van der Waals surface area contributed by atoms with Crippen LogP contribution < -0.4 is 34.1 Å². The summed E-state index contributed by atoms with van der Waals surface area (Å²) in [6.07, 6.45) is 5.19. The first-order chi connectivity index (χ1) is 48.7. The Morgan fingerprint density at radius 3 is 0.848 bits per heavy atom. The predicted molar refractivity (Wildman–Crippen MR) is 409 cm³/mol. The minimum Gasteiger partial charge on any atom is -0.457 e. The van der Waals surface area contributed by atoms with E-state index in [0.717, 1.165) is 136 Å². The van der Waals surface area contributed by atoms with Gasteiger partial charge in [0.25, 0.3) is 11.6 Å². The molecular formula is C86H102F6N6O7. The Hall–Kier alpha value is -9.26. The Bertz CT molecular complexity index is 4300. The third-order valence-electron chi connectivity index (χ3n) is 21.9. The maximum absolute atomic E-state index is 13.3. The van der Waals surface area contributed by atoms with Crippen LogP contribution in [-0.2, 0) is 28.8 Å². The fourth-order valence-corrected chi connectivity index (χ4v) is 14.8. The highest BCUT2D eigenvalue weighted by Crippen LogP contribution is 2.46. The lowest BCUT2D eigenvalue weighted by atomic mass is 9.77. The second-order valence-corrected chi connectivity index (χ2v) is 32.7. The molecule has 5 aromatic rings. The first-order valence-electron chi connectivity index (χ1n) is 36.1. The van der Waals surface area contributed by atoms with Crippen molar-refractivity contribution in [2.24, 2.45) is 32.5 Å². The molecule has 0 atom stereocenters. The van der Waals surface area contributed by atoms with Gasteiger partial charge in [-0.15, -0.1) is 0 Å². The highest BCUT2D eigenvalue weighted by molar-refractivity contribution is 6.02. The van der Waals surface area contributed by atoms with Crippen molar-refractivity contribution in [3.8, 4) is 22.6 Å². The van der Waals surface area contributed by atoms with E-state index >= 15 is 0 Å². The Kier molecular flexibility index (Phi) is 23.0. The number of carbonyl (C=O) groups excluding carboxylic acids is 6. The van der Waals surface area contributed by atoms with Crippen LogP contribution in [0.25, 0.3) is 11.1 Å². The van der Waals surface area contributed by atoms with Crippen LogP contribution in [0.15, 0.2) is 180 Å². The SMILES string of the molecule is CC(=O)C1=CN(c2ccc(-c3ccc(N4C=C(C(=O)C(F)(F)F)C(C)(C)CC4)c(C)c3)cc2C)CCC1(C)C.CC(=O)C1=CN(c2ccc(Oc3ccc(N4C=C(C(C)=O)C(C)(C)CC4)cc3)cc2)CCC1(C)C.CC(=O)C1=CN(c2cccc(N3C=C(C(=O)C(F)(F)F)C(C)(C)CC3)c2)CCC1(C)C. The monoisotopic (exact) mass is 1440 g/mol. The van der Waals surface area contributed by atoms with Crippen molar-refractivity contribution in [1.29, 1.82) is 0 Å². The molecule has 6 heterocycles. The Morgan fingerprint density at radius 1 is 0.324 bits per heavy atom. The Balaban J connectivity index is 0.000000184. The van der Waals surface area contributed by atoms with E-state index in [4.69, 9.17) is 4.74 Å². The number of nitrogens with zero attached hydrogens (tertiary/aromatic N) is 6. The van der Waals surface area contributed by atoms with Gasteiger partial charge in [-0.25, -0.2) is 0 Å². The molecule has 0 bridgehead atoms. The number of anilines is 6. The third-order valence-corrected chi connectivity index (χ3v) is 21.9. The number of hydrogen-bond donors (Lipinski definition) is 0. The molecule has 560 valence electrons. The van der Waals surface area contributed by atoms with E-state index in [9.17, 15) is 55.1 Å². The normalized spacial score (nSPS) is 19.5. The van der Waals surface area contributed by atoms with E-state index in [1.165, 1.54) is 12.4 Å². The number of hydrogen-bond acceptors (Lipinski definition) is 13. The molecule has 6 aliphatic rings. The maximum Gasteiger partial charge on any atom is 0.454 e. The van der Waals surface area contributed by atoms with Crippen LogP contribution in [0.5, 0.6) is 11.5 Å². The molecule has 0 saturated heterocycles. The number of rotatable bonds is 15. The first-order valence-corrected chi connectivity index (χ1v) is 36.1. The van der Waals surface area contributed by atoms with Gasteiger partial charge in [0.05, 0.1) is 0 Å². The minimum atomic E-state index is -4.90. The molecule has 19 heteroatoms. The molecule has 13 nitrogen and oxygen atoms in total. The molecule has 0 unspecified atom stereocenters. The molecule has 5 aromatic carbocycles. The van der Waals surface area contributed by atoms with E-state index in [2.05, 4.69) is 81.4 Å². The lowest BCUT2D eigenvalue weighted by Crippen LogP contribution is -2.39. The number of ketones is 6. The summed E-state index contributed by atoms with van der Waals surface area (Å²) >= 11 is 0. The van der Waals surface area contributed by atoms with Crippen molar-refractivity contribution >= 4 is 68.8 Å². The fourth-order valence-electron chi connectivity index (χ4n) is 14.8. The zero-order chi connectivity index (χ0) is 77.5. The van der Waals surface area contributed by atoms with Crippen LogP contribution in [0.2, 0.25) is 0 Å². The summed E-state index contributed by atoms with van der Waals surface area (Å²) in [5.41, 5.74) is 10.2. The van der Waals surface area contributed by atoms with E-state index in [0.29, 0.717) is 31.6 Å². The van der Waals surface area contributed by atoms with Gasteiger partial charge < -0.3 is 34.1 Å². The van der Waals surface area contributed by atoms with Crippen molar-refractivity contribution in [3.63, 3.8) is 0 Å². The highest BCUT2D eigenvalue weighted by Gasteiger charge is 2.48. The molecule has 0 spiro atoms. The van der Waals surface area contributed by atoms with Crippen molar-refractivity contribution < 1.29 is 59.8 Å². The molecule has 0 N–H and O–H groups in total. The summed E-state index contributed by atoms with van der Waals surface area (Å²) in [5, 5.41) is 0. The van der Waals surface area contributed by atoms with Crippen molar-refractivity contribution in [2.45, 2.75) is 176 Å². The zero-order valence-corrected chi connectivity index (χ0v) is 64.2. The van der Waals surface area contributed by atoms with Gasteiger partial charge >= 0.3 is 12.4 Å². The lowest BCUT2D eigenvalue weighted by Gasteiger charge is -2.38. The average molecular weight is 1450 g/mol. The molecule has 0 aromatic heterocycles. The van der Waals surface area contributed by atoms with Crippen LogP contribution in [0.1, 0.15) is 160 Å². The van der Waals surface area contributed by atoms with Crippen molar-refractivity contribution in [2.75, 3.05) is 68.7 Å². The summed E-state index contributed by atoms with van der Waals surface area (Å²) in [7, 11) is 0. The molecule has 0 saturated carbocycles. The number of aryl methyl sites for hydroxylation is 2. The summed E-state index contributed by atoms with van der Waals surface area (Å²) in [4.78, 5) is 84.7. The quantitative estimate of drug-likeness (QED) is 0.0923. The summed E-state index contributed by atoms with van der Waals surface area (Å²) in [6, 6.07) is 35.5. The predicted octanol–water partition coefficient (Wildman–Crippen LogP) is 20.5. The maximum atomic E-state index is 13.3. The molecule has 0 fully saturated rings. The van der Waals surface area contributed by atoms with Gasteiger partial charge in [-0.3, -0.25) is 28.8 Å². The molecule has 6 aliphatic heterocycles. The van der Waals surface area contributed by atoms with Crippen LogP contribution in [0.3, 0.4) is 0 Å². The number of alkyl halides is 6. The highest BCUT2D eigenvalue weighted by atomic mass is 19.4. The number of halogens is 6. The molecule has 0 amide bonds. The fraction of sp³-hybridized carbons (Fsp3) is 0.442. The van der Waals surface area contributed by atoms with E-state index in [1.54, 1.807) is 65.2 Å². The third kappa shape index (κ3) is 18.3. The van der Waals surface area contributed by atoms with Gasteiger partial charge in [0, 0.05) is 144 Å². The van der Waals surface area contributed by atoms with Gasteiger partial charge in [-0.2, -0.15) is 26.3 Å². The second-order valence-electron chi connectivity index (χ2n) is 32.7. The molecule has 0 aliphatic carbocycles. The van der Waals surface area contributed by atoms with Crippen LogP contribution in [0, 0.1) is 46.3 Å². The van der Waals surface area contributed by atoms with Gasteiger partial charge in [-0.05, 0) is 226 Å². The summed E-state index contributed by atoms with van der Waals surface area (Å²) < 4.78 is 85.3. The molecular weight excluding hydrogens is 1340 g/mol. The Labute approximate surface area is 616 Å². The number of benzene rings is 5. The molecule has 11 rings (SSSR count). The van der Waals surface area contributed by atoms with Crippen LogP contribution in [0.4, 0.5) is 60.5 Å². The smallest absolute Gasteiger partial charge is 0.454 e. The molecule has 105 heavy (non-hydrogen) atoms. The summed E-state index contributed by atoms with van der Waals surface area (Å²) in [5.74, 6) is -1.66. The van der Waals surface area contributed by atoms with Crippen molar-refractivity contribution in [3.05, 3.63) is 191 Å². The second kappa shape index (κ2) is 30.3. The van der Waals surface area contributed by atoms with Gasteiger partial charge in [0.1, 0.15) is 11.5 Å². The standard InChI is InChI=1S/C32H37F3N2O2.C30H36N2O3.C24H29F3N2O2/c1-20-16-23(8-10-27(20)36-14-12-30(4,5)25(18-36)22(3)38)24-9-11-28(21(2)17-24)37-15-13-31(6,7)26(19-37)29(39)32(33,34)35;1-21(33)27-19-31(17-15-29(27,3)4)23-7-11-25(12-8-23)35-26-13-9-24(10-14-26)32-18-16-30(5,6)28(20-32)22(2)34;1-16(30)19-14-28(11-9-22(19,2)3)17-7-6-8-18(13-17)29-12-10-23(4,5)20(15-29)21(31)24(25,26)27/h8-11,16-19H,12-15H2,1-7H3;7-14,19-20H,15-18H2,1-6H3;6-8,13-15H,9-12H2,1-5H3. The number of carbonyl (C=O) groups is 6. The molecule has 0 radical (unpaired) electrons. The first kappa shape index (κ1) is 79.8. The van der Waals surface area contributed by atoms with E-state index in [-0.39, 0.29) is 55.9 Å². The largest absolute Gasteiger partial charge is 0.457 e. The number of allylic oxidation sites excluding steroid dienone is 6. The topological polar surface area (TPSA) is 131 Å². The number of Topliss-reactive ketones (excluding diaryl/α,β-unsaturated/α-hetero) is 6. The van der Waals surface area contributed by atoms with Crippen molar-refractivity contribution in [1.82, 2.24) is 0 Å². The van der Waals surface area contributed by atoms with E-state index < -0.39 is 34.7 Å². The van der Waals surface area contributed by atoms with Gasteiger partial charge in [0.15, 0.2) is 23.1 Å². The van der Waals surface area contributed by atoms with Crippen LogP contribution in [-0.4, -0.2) is 86.3 Å². The Morgan fingerprint density at radius 2 is 0.571 bits per heavy atom. The van der Waals surface area contributed by atoms with Gasteiger partial charge in [0.2, 0.25) is 0 Å². The van der Waals surface area contributed by atoms with Crippen LogP contribution >= 0.6 is 0 Å². The average Bonchev–Trinajstić information content (AvgIpc) is 0.790. The summed E-state index contributed by atoms with van der Waals surface area (Å²) in [6.45, 7) is 38.3. The van der Waals surface area contributed by atoms with Gasteiger partial charge in [-0.1, -0.05) is 101 Å². The number of ether oxygens (including phenoxy) is 1. The zero-order valence-electron chi connectivity index (χ0n) is 64.2. The lowest BCUT2D eigenvalue weighted by molar-refractivity contribution is -0.167. The van der Waals surface area contributed by atoms with E-state index in [1.807, 2.05) is 141 Å². The minimum absolute atomic E-state index is 0.0300.